The van der Waals surface area contributed by atoms with Gasteiger partial charge in [-0.3, -0.25) is 14.2 Å². The first-order valence-corrected chi connectivity index (χ1v) is 11.3. The third kappa shape index (κ3) is 4.92. The Labute approximate surface area is 201 Å². The summed E-state index contributed by atoms with van der Waals surface area (Å²) in [5.74, 6) is -0.770. The standard InChI is InChI=1S/C24H20BrFN2O4S/c1-24(2,3)21(30)16(12-27)23-28(15-7-5-14(26)6-8-15)22(31)19(33-23)11-13-9-17(25)20(29)18(10-13)32-4/h5-11,29H,1-4H3/b19-11-,23-16-. The Hall–Kier alpha value is -3.22. The lowest BCUT2D eigenvalue weighted by Crippen LogP contribution is -2.33. The van der Waals surface area contributed by atoms with Gasteiger partial charge in [0.2, 0.25) is 0 Å². The van der Waals surface area contributed by atoms with Crippen molar-refractivity contribution in [2.45, 2.75) is 20.8 Å². The number of hydrogen-bond acceptors (Lipinski definition) is 6. The summed E-state index contributed by atoms with van der Waals surface area (Å²) in [5, 5.41) is 19.9. The molecular weight excluding hydrogens is 511 g/mol. The number of ketones is 1. The van der Waals surface area contributed by atoms with Crippen LogP contribution in [0, 0.1) is 22.6 Å². The van der Waals surface area contributed by atoms with Crippen molar-refractivity contribution >= 4 is 44.7 Å². The highest BCUT2D eigenvalue weighted by Gasteiger charge is 2.27. The Morgan fingerprint density at radius 1 is 1.27 bits per heavy atom. The molecule has 9 heteroatoms. The fourth-order valence-corrected chi connectivity index (χ4v) is 4.59. The van der Waals surface area contributed by atoms with Crippen LogP contribution in [0.5, 0.6) is 11.5 Å². The highest BCUT2D eigenvalue weighted by molar-refractivity contribution is 9.10. The lowest BCUT2D eigenvalue weighted by molar-refractivity contribution is -0.120. The Balaban J connectivity index is 2.43. The van der Waals surface area contributed by atoms with Crippen molar-refractivity contribution in [1.29, 1.82) is 5.26 Å². The fourth-order valence-electron chi connectivity index (χ4n) is 3.03. The second-order valence-corrected chi connectivity index (χ2v) is 10.0. The van der Waals surface area contributed by atoms with Crippen molar-refractivity contribution in [3.63, 3.8) is 0 Å². The SMILES string of the molecule is COc1cc(/C=c2\s/c(=C(/C#N)C(=O)C(C)(C)C)n(-c3ccc(F)cc3)c2=O)cc(Br)c1O. The number of benzene rings is 2. The van der Waals surface area contributed by atoms with E-state index < -0.39 is 22.6 Å². The van der Waals surface area contributed by atoms with Crippen LogP contribution >= 0.6 is 27.3 Å². The lowest BCUT2D eigenvalue weighted by atomic mass is 9.87. The molecule has 1 N–H and O–H groups in total. The smallest absolute Gasteiger partial charge is 0.273 e. The second-order valence-electron chi connectivity index (χ2n) is 8.15. The van der Waals surface area contributed by atoms with Crippen LogP contribution in [-0.2, 0) is 4.79 Å². The number of hydrogen-bond donors (Lipinski definition) is 1. The van der Waals surface area contributed by atoms with E-state index in [4.69, 9.17) is 4.74 Å². The number of nitrogens with zero attached hydrogens (tertiary/aromatic N) is 2. The van der Waals surface area contributed by atoms with Crippen LogP contribution in [0.25, 0.3) is 17.3 Å². The van der Waals surface area contributed by atoms with Crippen LogP contribution in [0.15, 0.2) is 45.7 Å². The van der Waals surface area contributed by atoms with Gasteiger partial charge in [-0.15, -0.1) is 11.3 Å². The van der Waals surface area contributed by atoms with Crippen LogP contribution < -0.4 is 19.5 Å². The third-order valence-corrected chi connectivity index (χ3v) is 6.41. The maximum atomic E-state index is 13.5. The number of methoxy groups -OCH3 is 1. The molecule has 0 atom stereocenters. The average molecular weight is 531 g/mol. The number of carbonyl (C=O) groups is 1. The van der Waals surface area contributed by atoms with Gasteiger partial charge in [0.15, 0.2) is 17.3 Å². The highest BCUT2D eigenvalue weighted by Crippen LogP contribution is 2.35. The molecule has 0 amide bonds. The molecule has 0 saturated heterocycles. The summed E-state index contributed by atoms with van der Waals surface area (Å²) in [4.78, 5) is 26.4. The number of ether oxygens (including phenoxy) is 1. The number of aromatic nitrogens is 1. The summed E-state index contributed by atoms with van der Waals surface area (Å²) in [6, 6.07) is 10.3. The summed E-state index contributed by atoms with van der Waals surface area (Å²) in [6.07, 6.45) is 1.57. The predicted octanol–water partition coefficient (Wildman–Crippen LogP) is 3.63. The van der Waals surface area contributed by atoms with Crippen LogP contribution in [0.3, 0.4) is 0 Å². The zero-order valence-corrected chi connectivity index (χ0v) is 20.7. The molecular formula is C24H20BrFN2O4S. The molecule has 170 valence electrons. The van der Waals surface area contributed by atoms with Gasteiger partial charge in [0, 0.05) is 5.41 Å². The number of phenols is 1. The Morgan fingerprint density at radius 2 is 1.91 bits per heavy atom. The summed E-state index contributed by atoms with van der Waals surface area (Å²) < 4.78 is 20.7. The minimum atomic E-state index is -0.849. The van der Waals surface area contributed by atoms with E-state index in [9.17, 15) is 24.3 Å². The monoisotopic (exact) mass is 530 g/mol. The van der Waals surface area contributed by atoms with Gasteiger partial charge in [0.05, 0.1) is 21.8 Å². The molecule has 6 nitrogen and oxygen atoms in total. The summed E-state index contributed by atoms with van der Waals surface area (Å²) in [5.41, 5.74) is -0.602. The molecule has 1 aromatic heterocycles. The average Bonchev–Trinajstić information content (AvgIpc) is 3.06. The topological polar surface area (TPSA) is 92.3 Å². The molecule has 2 aromatic carbocycles. The largest absolute Gasteiger partial charge is 0.503 e. The first kappa shape index (κ1) is 24.4. The molecule has 0 aliphatic carbocycles. The van der Waals surface area contributed by atoms with E-state index in [2.05, 4.69) is 15.9 Å². The third-order valence-electron chi connectivity index (χ3n) is 4.71. The van der Waals surface area contributed by atoms with E-state index in [1.165, 1.54) is 35.9 Å². The predicted molar refractivity (Wildman–Crippen MR) is 129 cm³/mol. The van der Waals surface area contributed by atoms with Crippen molar-refractivity contribution in [3.8, 4) is 23.3 Å². The molecule has 0 aliphatic heterocycles. The van der Waals surface area contributed by atoms with Gasteiger partial charge in [-0.2, -0.15) is 5.26 Å². The fraction of sp³-hybridized carbons (Fsp3) is 0.208. The number of halogens is 2. The lowest BCUT2D eigenvalue weighted by Gasteiger charge is -2.15. The number of aromatic hydroxyl groups is 1. The molecule has 0 aliphatic rings. The maximum absolute atomic E-state index is 13.5. The second kappa shape index (κ2) is 9.33. The van der Waals surface area contributed by atoms with Crippen LogP contribution in [0.2, 0.25) is 0 Å². The van der Waals surface area contributed by atoms with E-state index >= 15 is 0 Å². The van der Waals surface area contributed by atoms with E-state index in [0.717, 1.165) is 11.3 Å². The first-order chi connectivity index (χ1) is 15.5. The van der Waals surface area contributed by atoms with Gasteiger partial charge >= 0.3 is 0 Å². The Kier molecular flexibility index (Phi) is 6.91. The quantitative estimate of drug-likeness (QED) is 0.555. The van der Waals surface area contributed by atoms with Crippen LogP contribution in [-0.4, -0.2) is 22.6 Å². The molecule has 3 aromatic rings. The van der Waals surface area contributed by atoms with Crippen LogP contribution in [0.1, 0.15) is 26.3 Å². The summed E-state index contributed by atoms with van der Waals surface area (Å²) in [6.45, 7) is 5.07. The first-order valence-electron chi connectivity index (χ1n) is 9.73. The maximum Gasteiger partial charge on any atom is 0.273 e. The van der Waals surface area contributed by atoms with Gasteiger partial charge in [0.25, 0.3) is 5.56 Å². The summed E-state index contributed by atoms with van der Waals surface area (Å²) >= 11 is 4.23. The highest BCUT2D eigenvalue weighted by atomic mass is 79.9. The number of phenolic OH excluding ortho intramolecular Hbond substituents is 1. The molecule has 1 heterocycles. The van der Waals surface area contributed by atoms with E-state index in [0.29, 0.717) is 15.7 Å². The molecule has 0 radical (unpaired) electrons. The minimum Gasteiger partial charge on any atom is -0.503 e. The number of thiazole rings is 1. The molecule has 3 rings (SSSR count). The molecule has 0 spiro atoms. The molecule has 33 heavy (non-hydrogen) atoms. The van der Waals surface area contributed by atoms with Crippen molar-refractivity contribution in [2.75, 3.05) is 7.11 Å². The number of carbonyl (C=O) groups excluding carboxylic acids is 1. The van der Waals surface area contributed by atoms with E-state index in [1.807, 2.05) is 6.07 Å². The van der Waals surface area contributed by atoms with Gasteiger partial charge in [0.1, 0.15) is 22.1 Å². The van der Waals surface area contributed by atoms with E-state index in [-0.39, 0.29) is 26.3 Å². The number of rotatable bonds is 4. The summed E-state index contributed by atoms with van der Waals surface area (Å²) in [7, 11) is 1.41. The minimum absolute atomic E-state index is 0.0823. The van der Waals surface area contributed by atoms with Gasteiger partial charge in [-0.05, 0) is 64.0 Å². The molecule has 0 bridgehead atoms. The van der Waals surface area contributed by atoms with Gasteiger partial charge < -0.3 is 9.84 Å². The zero-order valence-electron chi connectivity index (χ0n) is 18.3. The van der Waals surface area contributed by atoms with Crippen LogP contribution in [0.4, 0.5) is 4.39 Å². The normalized spacial score (nSPS) is 12.9. The van der Waals surface area contributed by atoms with E-state index in [1.54, 1.807) is 39.0 Å². The zero-order chi connectivity index (χ0) is 24.5. The van der Waals surface area contributed by atoms with Crippen molar-refractivity contribution in [1.82, 2.24) is 4.57 Å². The Morgan fingerprint density at radius 3 is 2.45 bits per heavy atom. The van der Waals surface area contributed by atoms with Gasteiger partial charge in [-0.1, -0.05) is 20.8 Å². The molecule has 0 saturated carbocycles. The van der Waals surface area contributed by atoms with Gasteiger partial charge in [-0.25, -0.2) is 4.39 Å². The molecule has 0 unspecified atom stereocenters. The van der Waals surface area contributed by atoms with Crippen molar-refractivity contribution < 1.29 is 19.0 Å². The Bertz CT molecular complexity index is 1460. The number of nitriles is 1. The number of Topliss-reactive ketones (excluding diaryl/α,β-unsaturated/α-hetero) is 1. The molecule has 0 fully saturated rings. The van der Waals surface area contributed by atoms with Crippen molar-refractivity contribution in [2.24, 2.45) is 5.41 Å². The van der Waals surface area contributed by atoms with Crippen molar-refractivity contribution in [3.05, 3.63) is 71.8 Å².